The van der Waals surface area contributed by atoms with Crippen LogP contribution in [0.1, 0.15) is 21.0 Å². The van der Waals surface area contributed by atoms with E-state index in [0.29, 0.717) is 49.1 Å². The van der Waals surface area contributed by atoms with Gasteiger partial charge in [0.25, 0.3) is 11.8 Å². The molecule has 3 aromatic rings. The van der Waals surface area contributed by atoms with Crippen LogP contribution in [0.25, 0.3) is 0 Å². The largest absolute Gasteiger partial charge is 0.459 e. The molecule has 0 radical (unpaired) electrons. The smallest absolute Gasteiger partial charge is 0.289 e. The third kappa shape index (κ3) is 4.27. The number of piperazine rings is 1. The van der Waals surface area contributed by atoms with Crippen molar-refractivity contribution in [3.63, 3.8) is 0 Å². The summed E-state index contributed by atoms with van der Waals surface area (Å²) in [5, 5.41) is 2.81. The van der Waals surface area contributed by atoms with E-state index in [-0.39, 0.29) is 36.8 Å². The van der Waals surface area contributed by atoms with E-state index >= 15 is 0 Å². The number of nitrogens with zero attached hydrogens (tertiary/aromatic N) is 3. The first-order chi connectivity index (χ1) is 16.1. The van der Waals surface area contributed by atoms with Crippen molar-refractivity contribution < 1.29 is 28.3 Å². The Morgan fingerprint density at radius 3 is 2.39 bits per heavy atom. The van der Waals surface area contributed by atoms with Crippen LogP contribution in [-0.4, -0.2) is 65.1 Å². The van der Waals surface area contributed by atoms with Gasteiger partial charge in [0.15, 0.2) is 17.3 Å². The van der Waals surface area contributed by atoms with Gasteiger partial charge in [0.1, 0.15) is 12.2 Å². The summed E-state index contributed by atoms with van der Waals surface area (Å²) in [5.74, 6) is 0.869. The highest BCUT2D eigenvalue weighted by Crippen LogP contribution is 2.34. The van der Waals surface area contributed by atoms with Crippen LogP contribution in [0.5, 0.6) is 11.5 Å². The fourth-order valence-electron chi connectivity index (χ4n) is 3.91. The molecule has 2 aromatic heterocycles. The van der Waals surface area contributed by atoms with Gasteiger partial charge in [0.2, 0.25) is 12.7 Å². The number of rotatable bonds is 5. The molecule has 1 aromatic carbocycles. The molecule has 0 saturated carbocycles. The molecule has 4 heterocycles. The van der Waals surface area contributed by atoms with Gasteiger partial charge < -0.3 is 33.6 Å². The van der Waals surface area contributed by atoms with Crippen molar-refractivity contribution in [2.24, 2.45) is 0 Å². The number of aromatic nitrogens is 1. The second-order valence-electron chi connectivity index (χ2n) is 7.70. The van der Waals surface area contributed by atoms with E-state index in [1.165, 1.54) is 6.26 Å². The van der Waals surface area contributed by atoms with Crippen molar-refractivity contribution in [2.75, 3.05) is 38.3 Å². The van der Waals surface area contributed by atoms with Crippen LogP contribution in [0.2, 0.25) is 0 Å². The second kappa shape index (κ2) is 8.73. The standard InChI is InChI=1S/C23H22N4O6/c28-21(24-16-5-6-18-20(13-16)33-15-32-18)14-27-7-1-3-17(27)22(29)25-8-10-26(11-9-25)23(30)19-4-2-12-31-19/h1-7,12-13H,8-11,14-15H2,(H,24,28). The zero-order valence-corrected chi connectivity index (χ0v) is 17.7. The number of fused-ring (bicyclic) bond motifs is 1. The molecule has 1 N–H and O–H groups in total. The van der Waals surface area contributed by atoms with Crippen LogP contribution in [0.4, 0.5) is 5.69 Å². The Balaban J connectivity index is 1.18. The molecule has 3 amide bonds. The van der Waals surface area contributed by atoms with Crippen LogP contribution < -0.4 is 14.8 Å². The Morgan fingerprint density at radius 1 is 0.879 bits per heavy atom. The molecule has 0 bridgehead atoms. The molecule has 2 aliphatic heterocycles. The van der Waals surface area contributed by atoms with Gasteiger partial charge in [-0.1, -0.05) is 0 Å². The lowest BCUT2D eigenvalue weighted by molar-refractivity contribution is -0.116. The van der Waals surface area contributed by atoms with Gasteiger partial charge in [-0.3, -0.25) is 14.4 Å². The van der Waals surface area contributed by atoms with Crippen molar-refractivity contribution in [1.29, 1.82) is 0 Å². The molecule has 0 atom stereocenters. The van der Waals surface area contributed by atoms with Gasteiger partial charge in [-0.25, -0.2) is 0 Å². The van der Waals surface area contributed by atoms with E-state index in [1.54, 1.807) is 63.0 Å². The number of carbonyl (C=O) groups excluding carboxylic acids is 3. The van der Waals surface area contributed by atoms with Crippen molar-refractivity contribution in [2.45, 2.75) is 6.54 Å². The second-order valence-corrected chi connectivity index (χ2v) is 7.70. The lowest BCUT2D eigenvalue weighted by Crippen LogP contribution is -2.50. The first-order valence-electron chi connectivity index (χ1n) is 10.6. The van der Waals surface area contributed by atoms with Gasteiger partial charge in [-0.2, -0.15) is 0 Å². The number of benzene rings is 1. The van der Waals surface area contributed by atoms with Gasteiger partial charge in [-0.15, -0.1) is 0 Å². The molecule has 1 fully saturated rings. The minimum absolute atomic E-state index is 0.0144. The minimum Gasteiger partial charge on any atom is -0.459 e. The third-order valence-electron chi connectivity index (χ3n) is 5.60. The van der Waals surface area contributed by atoms with Gasteiger partial charge in [0.05, 0.1) is 6.26 Å². The Morgan fingerprint density at radius 2 is 1.64 bits per heavy atom. The average molecular weight is 450 g/mol. The number of furan rings is 1. The Kier molecular flexibility index (Phi) is 5.47. The van der Waals surface area contributed by atoms with Crippen molar-refractivity contribution in [3.8, 4) is 11.5 Å². The molecule has 0 unspecified atom stereocenters. The lowest BCUT2D eigenvalue weighted by Gasteiger charge is -2.34. The molecular weight excluding hydrogens is 428 g/mol. The van der Waals surface area contributed by atoms with E-state index < -0.39 is 0 Å². The first-order valence-corrected chi connectivity index (χ1v) is 10.6. The highest BCUT2D eigenvalue weighted by Gasteiger charge is 2.28. The number of hydrogen-bond acceptors (Lipinski definition) is 6. The normalized spacial score (nSPS) is 14.9. The third-order valence-corrected chi connectivity index (χ3v) is 5.60. The monoisotopic (exact) mass is 450 g/mol. The minimum atomic E-state index is -0.270. The van der Waals surface area contributed by atoms with E-state index in [2.05, 4.69) is 5.32 Å². The summed E-state index contributed by atoms with van der Waals surface area (Å²) < 4.78 is 17.4. The van der Waals surface area contributed by atoms with E-state index in [1.807, 2.05) is 0 Å². The van der Waals surface area contributed by atoms with E-state index in [0.717, 1.165) is 0 Å². The SMILES string of the molecule is O=C(Cn1cccc1C(=O)N1CCN(C(=O)c2ccco2)CC1)Nc1ccc2c(c1)OCO2. The van der Waals surface area contributed by atoms with E-state index in [4.69, 9.17) is 13.9 Å². The lowest BCUT2D eigenvalue weighted by atomic mass is 10.2. The summed E-state index contributed by atoms with van der Waals surface area (Å²) in [6, 6.07) is 11.9. The predicted octanol–water partition coefficient (Wildman–Crippen LogP) is 2.05. The molecule has 170 valence electrons. The molecule has 1 saturated heterocycles. The average Bonchev–Trinajstić information content (AvgIpc) is 3.59. The summed E-state index contributed by atoms with van der Waals surface area (Å²) in [6.07, 6.45) is 3.16. The maximum absolute atomic E-state index is 13.1. The van der Waals surface area contributed by atoms with Crippen molar-refractivity contribution >= 4 is 23.4 Å². The quantitative estimate of drug-likeness (QED) is 0.638. The zero-order valence-electron chi connectivity index (χ0n) is 17.7. The fraction of sp³-hybridized carbons (Fsp3) is 0.261. The summed E-state index contributed by atoms with van der Waals surface area (Å²) in [4.78, 5) is 41.4. The van der Waals surface area contributed by atoms with Crippen LogP contribution in [0, 0.1) is 0 Å². The van der Waals surface area contributed by atoms with Crippen LogP contribution in [0.3, 0.4) is 0 Å². The zero-order chi connectivity index (χ0) is 22.8. The highest BCUT2D eigenvalue weighted by atomic mass is 16.7. The summed E-state index contributed by atoms with van der Waals surface area (Å²) in [6.45, 7) is 1.78. The maximum Gasteiger partial charge on any atom is 0.289 e. The van der Waals surface area contributed by atoms with E-state index in [9.17, 15) is 14.4 Å². The van der Waals surface area contributed by atoms with Crippen LogP contribution in [-0.2, 0) is 11.3 Å². The fourth-order valence-corrected chi connectivity index (χ4v) is 3.91. The summed E-state index contributed by atoms with van der Waals surface area (Å²) in [5.41, 5.74) is 1.00. The predicted molar refractivity (Wildman–Crippen MR) is 116 cm³/mol. The molecule has 10 heteroatoms. The van der Waals surface area contributed by atoms with Crippen molar-refractivity contribution in [1.82, 2.24) is 14.4 Å². The molecule has 10 nitrogen and oxygen atoms in total. The molecule has 0 aliphatic carbocycles. The maximum atomic E-state index is 13.1. The van der Waals surface area contributed by atoms with Gasteiger partial charge >= 0.3 is 0 Å². The molecular formula is C23H22N4O6. The Hall–Kier alpha value is -4.21. The number of anilines is 1. The van der Waals surface area contributed by atoms with Crippen molar-refractivity contribution in [3.05, 3.63) is 66.4 Å². The Labute approximate surface area is 189 Å². The van der Waals surface area contributed by atoms with Crippen LogP contribution in [0.15, 0.2) is 59.3 Å². The first kappa shape index (κ1) is 20.7. The molecule has 5 rings (SSSR count). The van der Waals surface area contributed by atoms with Crippen LogP contribution >= 0.6 is 0 Å². The summed E-state index contributed by atoms with van der Waals surface area (Å²) >= 11 is 0. The number of carbonyl (C=O) groups is 3. The molecule has 33 heavy (non-hydrogen) atoms. The number of ether oxygens (including phenoxy) is 2. The molecule has 2 aliphatic rings. The number of amides is 3. The number of hydrogen-bond donors (Lipinski definition) is 1. The van der Waals surface area contributed by atoms with Gasteiger partial charge in [-0.05, 0) is 36.4 Å². The molecule has 0 spiro atoms. The topological polar surface area (TPSA) is 106 Å². The number of nitrogens with one attached hydrogen (secondary N) is 1. The summed E-state index contributed by atoms with van der Waals surface area (Å²) in [7, 11) is 0. The highest BCUT2D eigenvalue weighted by molar-refractivity contribution is 5.95. The Bertz CT molecular complexity index is 1180. The van der Waals surface area contributed by atoms with Gasteiger partial charge in [0, 0.05) is 44.1 Å².